The molecule has 0 saturated heterocycles. The molecule has 0 unspecified atom stereocenters. The molecule has 168 valence electrons. The van der Waals surface area contributed by atoms with Gasteiger partial charge in [0.05, 0.1) is 18.7 Å². The quantitative estimate of drug-likeness (QED) is 0.446. The van der Waals surface area contributed by atoms with Crippen LogP contribution >= 0.6 is 11.8 Å². The van der Waals surface area contributed by atoms with Crippen molar-refractivity contribution in [2.24, 2.45) is 0 Å². The van der Waals surface area contributed by atoms with Gasteiger partial charge in [0.25, 0.3) is 0 Å². The second-order valence-corrected chi connectivity index (χ2v) is 8.72. The summed E-state index contributed by atoms with van der Waals surface area (Å²) < 4.78 is 12.1. The SMILES string of the molecule is CSc1ccc(-c2nc(CCOc3cccc4c3CCCN4CCC(=O)O)c(C)o2)cc1. The molecule has 0 radical (unpaired) electrons. The van der Waals surface area contributed by atoms with E-state index < -0.39 is 5.97 Å². The summed E-state index contributed by atoms with van der Waals surface area (Å²) in [5.74, 6) is 1.55. The fraction of sp³-hybridized carbons (Fsp3) is 0.360. The average Bonchev–Trinajstić information content (AvgIpc) is 3.18. The number of carboxylic acid groups (broad SMARTS) is 1. The highest BCUT2D eigenvalue weighted by molar-refractivity contribution is 7.98. The number of benzene rings is 2. The van der Waals surface area contributed by atoms with Crippen LogP contribution in [-0.2, 0) is 17.6 Å². The van der Waals surface area contributed by atoms with E-state index in [4.69, 9.17) is 14.3 Å². The smallest absolute Gasteiger partial charge is 0.305 e. The molecular weight excluding hydrogens is 424 g/mol. The van der Waals surface area contributed by atoms with Crippen molar-refractivity contribution in [3.05, 3.63) is 59.5 Å². The van der Waals surface area contributed by atoms with E-state index in [1.165, 1.54) is 4.90 Å². The average molecular weight is 453 g/mol. The van der Waals surface area contributed by atoms with Gasteiger partial charge >= 0.3 is 5.97 Å². The molecule has 4 rings (SSSR count). The molecule has 1 aromatic heterocycles. The van der Waals surface area contributed by atoms with Crippen molar-refractivity contribution in [3.63, 3.8) is 0 Å². The minimum absolute atomic E-state index is 0.137. The molecule has 0 aliphatic carbocycles. The van der Waals surface area contributed by atoms with E-state index in [0.29, 0.717) is 25.5 Å². The highest BCUT2D eigenvalue weighted by Crippen LogP contribution is 2.34. The van der Waals surface area contributed by atoms with Crippen molar-refractivity contribution in [2.45, 2.75) is 37.5 Å². The number of hydrogen-bond donors (Lipinski definition) is 1. The predicted octanol–water partition coefficient (Wildman–Crippen LogP) is 5.22. The zero-order valence-corrected chi connectivity index (χ0v) is 19.3. The Bertz CT molecular complexity index is 1080. The lowest BCUT2D eigenvalue weighted by atomic mass is 10.0. The number of hydrogen-bond acceptors (Lipinski definition) is 6. The van der Waals surface area contributed by atoms with Gasteiger partial charge in [0.2, 0.25) is 5.89 Å². The van der Waals surface area contributed by atoms with Gasteiger partial charge in [-0.3, -0.25) is 4.79 Å². The molecule has 32 heavy (non-hydrogen) atoms. The number of aliphatic carboxylic acids is 1. The van der Waals surface area contributed by atoms with Crippen molar-refractivity contribution in [3.8, 4) is 17.2 Å². The van der Waals surface area contributed by atoms with E-state index in [2.05, 4.69) is 34.3 Å². The van der Waals surface area contributed by atoms with Gasteiger partial charge in [-0.15, -0.1) is 11.8 Å². The summed E-state index contributed by atoms with van der Waals surface area (Å²) in [6, 6.07) is 14.2. The van der Waals surface area contributed by atoms with Gasteiger partial charge in [0.15, 0.2) is 0 Å². The van der Waals surface area contributed by atoms with Crippen LogP contribution in [0.5, 0.6) is 5.75 Å². The van der Waals surface area contributed by atoms with Crippen LogP contribution in [0, 0.1) is 6.92 Å². The summed E-state index contributed by atoms with van der Waals surface area (Å²) in [6.07, 6.45) is 4.78. The summed E-state index contributed by atoms with van der Waals surface area (Å²) in [4.78, 5) is 19.0. The maximum atomic E-state index is 11.0. The van der Waals surface area contributed by atoms with E-state index in [1.54, 1.807) is 11.8 Å². The van der Waals surface area contributed by atoms with Crippen LogP contribution in [0.1, 0.15) is 29.9 Å². The van der Waals surface area contributed by atoms with Crippen LogP contribution in [0.25, 0.3) is 11.5 Å². The Balaban J connectivity index is 1.41. The Kier molecular flexibility index (Phi) is 7.05. The maximum absolute atomic E-state index is 11.0. The molecule has 2 heterocycles. The molecule has 0 atom stereocenters. The normalized spacial score (nSPS) is 13.1. The first-order chi connectivity index (χ1) is 15.5. The number of oxazole rings is 1. The van der Waals surface area contributed by atoms with Crippen LogP contribution in [0.3, 0.4) is 0 Å². The largest absolute Gasteiger partial charge is 0.493 e. The van der Waals surface area contributed by atoms with E-state index in [0.717, 1.165) is 53.4 Å². The van der Waals surface area contributed by atoms with Crippen LogP contribution in [0.15, 0.2) is 51.8 Å². The van der Waals surface area contributed by atoms with Gasteiger partial charge in [-0.1, -0.05) is 6.07 Å². The van der Waals surface area contributed by atoms with Gasteiger partial charge in [-0.05, 0) is 62.4 Å². The molecule has 6 nitrogen and oxygen atoms in total. The van der Waals surface area contributed by atoms with E-state index in [9.17, 15) is 4.79 Å². The molecule has 0 saturated carbocycles. The van der Waals surface area contributed by atoms with Crippen molar-refractivity contribution < 1.29 is 19.1 Å². The van der Waals surface area contributed by atoms with Gasteiger partial charge in [0, 0.05) is 41.2 Å². The topological polar surface area (TPSA) is 75.8 Å². The number of carbonyl (C=O) groups is 1. The van der Waals surface area contributed by atoms with Crippen LogP contribution in [0.2, 0.25) is 0 Å². The van der Waals surface area contributed by atoms with E-state index >= 15 is 0 Å². The molecule has 0 bridgehead atoms. The highest BCUT2D eigenvalue weighted by Gasteiger charge is 2.21. The molecule has 1 aliphatic heterocycles. The Morgan fingerprint density at radius 1 is 1.25 bits per heavy atom. The number of carboxylic acids is 1. The lowest BCUT2D eigenvalue weighted by Crippen LogP contribution is -2.31. The molecule has 2 aromatic carbocycles. The van der Waals surface area contributed by atoms with E-state index in [1.807, 2.05) is 31.2 Å². The Hall–Kier alpha value is -2.93. The molecule has 1 aliphatic rings. The van der Waals surface area contributed by atoms with Gasteiger partial charge in [0.1, 0.15) is 11.5 Å². The summed E-state index contributed by atoms with van der Waals surface area (Å²) in [6.45, 7) is 3.84. The van der Waals surface area contributed by atoms with Crippen molar-refractivity contribution >= 4 is 23.4 Å². The summed E-state index contributed by atoms with van der Waals surface area (Å²) in [5.41, 5.74) is 4.12. The molecule has 0 spiro atoms. The lowest BCUT2D eigenvalue weighted by molar-refractivity contribution is -0.136. The molecular formula is C25H28N2O4S. The van der Waals surface area contributed by atoms with Gasteiger partial charge in [-0.25, -0.2) is 4.98 Å². The lowest BCUT2D eigenvalue weighted by Gasteiger charge is -2.32. The number of rotatable bonds is 9. The van der Waals surface area contributed by atoms with Crippen molar-refractivity contribution in [1.29, 1.82) is 0 Å². The third-order valence-corrected chi connectivity index (χ3v) is 6.47. The number of aryl methyl sites for hydroxylation is 1. The zero-order valence-electron chi connectivity index (χ0n) is 18.5. The van der Waals surface area contributed by atoms with Crippen molar-refractivity contribution in [2.75, 3.05) is 30.9 Å². The maximum Gasteiger partial charge on any atom is 0.305 e. The second kappa shape index (κ2) is 10.1. The minimum atomic E-state index is -0.771. The first kappa shape index (κ1) is 22.3. The molecule has 0 fully saturated rings. The number of fused-ring (bicyclic) bond motifs is 1. The van der Waals surface area contributed by atoms with Crippen LogP contribution < -0.4 is 9.64 Å². The first-order valence-electron chi connectivity index (χ1n) is 10.9. The summed E-state index contributed by atoms with van der Waals surface area (Å²) in [5, 5.41) is 9.03. The number of thioether (sulfide) groups is 1. The van der Waals surface area contributed by atoms with Crippen LogP contribution in [0.4, 0.5) is 5.69 Å². The third-order valence-electron chi connectivity index (χ3n) is 5.73. The number of anilines is 1. The standard InChI is InChI=1S/C25H28N2O4S/c1-17-21(26-25(31-17)18-8-10-19(32-2)11-9-18)13-16-30-23-7-3-6-22-20(23)5-4-14-27(22)15-12-24(28)29/h3,6-11H,4-5,12-16H2,1-2H3,(H,28,29). The Morgan fingerprint density at radius 2 is 2.06 bits per heavy atom. The number of aromatic nitrogens is 1. The zero-order chi connectivity index (χ0) is 22.5. The molecule has 3 aromatic rings. The molecule has 0 amide bonds. The Labute approximate surface area is 192 Å². The predicted molar refractivity (Wildman–Crippen MR) is 127 cm³/mol. The van der Waals surface area contributed by atoms with Crippen LogP contribution in [-0.4, -0.2) is 42.0 Å². The molecule has 7 heteroatoms. The fourth-order valence-corrected chi connectivity index (χ4v) is 4.45. The van der Waals surface area contributed by atoms with Gasteiger partial charge in [-0.2, -0.15) is 0 Å². The fourth-order valence-electron chi connectivity index (χ4n) is 4.04. The van der Waals surface area contributed by atoms with E-state index in [-0.39, 0.29) is 6.42 Å². The van der Waals surface area contributed by atoms with Gasteiger partial charge < -0.3 is 19.2 Å². The third kappa shape index (κ3) is 5.10. The monoisotopic (exact) mass is 452 g/mol. The number of nitrogens with zero attached hydrogens (tertiary/aromatic N) is 2. The minimum Gasteiger partial charge on any atom is -0.493 e. The molecule has 1 N–H and O–H groups in total. The number of ether oxygens (including phenoxy) is 1. The summed E-state index contributed by atoms with van der Waals surface area (Å²) in [7, 11) is 0. The summed E-state index contributed by atoms with van der Waals surface area (Å²) >= 11 is 1.71. The second-order valence-electron chi connectivity index (χ2n) is 7.84. The van der Waals surface area contributed by atoms with Crippen molar-refractivity contribution in [1.82, 2.24) is 4.98 Å². The highest BCUT2D eigenvalue weighted by atomic mass is 32.2. The first-order valence-corrected chi connectivity index (χ1v) is 12.1. The Morgan fingerprint density at radius 3 is 2.81 bits per heavy atom.